The molecule has 1 heterocycles. The molecule has 0 saturated heterocycles. The average Bonchev–Trinajstić information content (AvgIpc) is 2.81. The number of aromatic nitrogens is 1. The lowest BCUT2D eigenvalue weighted by Gasteiger charge is -2.23. The standard InChI is InChI=1S/C25H23BrF3N3O2.ClH/c1-2-13-31-16-19(15-21(26)17-31)24(34)32(22-6-4-3-5-7-22)14-12-30-23(33)18-8-10-20(11-9-18)25(27,28)29;/h3-11,15-17H,2,12-14H2,1H3;1H. The second-order valence-corrected chi connectivity index (χ2v) is 8.52. The van der Waals surface area contributed by atoms with Gasteiger partial charge in [0.1, 0.15) is 12.1 Å². The molecule has 0 fully saturated rings. The maximum Gasteiger partial charge on any atom is 0.416 e. The highest BCUT2D eigenvalue weighted by molar-refractivity contribution is 9.10. The van der Waals surface area contributed by atoms with Gasteiger partial charge in [-0.1, -0.05) is 25.1 Å². The summed E-state index contributed by atoms with van der Waals surface area (Å²) in [6, 6.07) is 14.8. The third kappa shape index (κ3) is 7.80. The fourth-order valence-electron chi connectivity index (χ4n) is 3.41. The van der Waals surface area contributed by atoms with Crippen LogP contribution in [0.3, 0.4) is 0 Å². The van der Waals surface area contributed by atoms with E-state index in [2.05, 4.69) is 21.2 Å². The van der Waals surface area contributed by atoms with E-state index in [-0.39, 0.29) is 37.0 Å². The minimum atomic E-state index is -4.47. The van der Waals surface area contributed by atoms with Gasteiger partial charge in [-0.2, -0.15) is 13.2 Å². The predicted molar refractivity (Wildman–Crippen MR) is 127 cm³/mol. The molecule has 0 spiro atoms. The van der Waals surface area contributed by atoms with Gasteiger partial charge in [-0.25, -0.2) is 4.57 Å². The molecule has 3 aromatic rings. The SMILES string of the molecule is CCC[n+]1cc(Br)cc(C(=O)N(CCNC(=O)c2ccc(C(F)(F)F)cc2)c2ccccc2)c1.[Cl-]. The van der Waals surface area contributed by atoms with Gasteiger partial charge >= 0.3 is 6.18 Å². The molecule has 3 rings (SSSR count). The highest BCUT2D eigenvalue weighted by Crippen LogP contribution is 2.29. The van der Waals surface area contributed by atoms with Crippen molar-refractivity contribution in [2.75, 3.05) is 18.0 Å². The van der Waals surface area contributed by atoms with Gasteiger partial charge in [0.25, 0.3) is 11.8 Å². The van der Waals surface area contributed by atoms with E-state index in [0.29, 0.717) is 11.3 Å². The molecule has 5 nitrogen and oxygen atoms in total. The molecule has 1 N–H and O–H groups in total. The largest absolute Gasteiger partial charge is 1.00 e. The van der Waals surface area contributed by atoms with Gasteiger partial charge in [-0.3, -0.25) is 9.59 Å². The number of pyridine rings is 1. The van der Waals surface area contributed by atoms with E-state index in [1.54, 1.807) is 29.3 Å². The summed E-state index contributed by atoms with van der Waals surface area (Å²) in [4.78, 5) is 27.4. The zero-order valence-corrected chi connectivity index (χ0v) is 21.2. The highest BCUT2D eigenvalue weighted by atomic mass is 79.9. The Morgan fingerprint density at radius 3 is 2.26 bits per heavy atom. The van der Waals surface area contributed by atoms with Crippen molar-refractivity contribution < 1.29 is 39.7 Å². The van der Waals surface area contributed by atoms with Crippen molar-refractivity contribution in [2.45, 2.75) is 26.1 Å². The summed E-state index contributed by atoms with van der Waals surface area (Å²) in [6.07, 6.45) is 0.130. The van der Waals surface area contributed by atoms with Crippen LogP contribution in [0.1, 0.15) is 39.6 Å². The third-order valence-corrected chi connectivity index (χ3v) is 5.46. The Bertz CT molecular complexity index is 1140. The molecule has 0 radical (unpaired) electrons. The summed E-state index contributed by atoms with van der Waals surface area (Å²) in [6.45, 7) is 3.10. The van der Waals surface area contributed by atoms with E-state index in [9.17, 15) is 22.8 Å². The lowest BCUT2D eigenvalue weighted by molar-refractivity contribution is -0.697. The Labute approximate surface area is 216 Å². The van der Waals surface area contributed by atoms with Crippen LogP contribution in [0.2, 0.25) is 0 Å². The molecule has 0 aliphatic heterocycles. The number of nitrogens with one attached hydrogen (secondary N) is 1. The van der Waals surface area contributed by atoms with E-state index in [0.717, 1.165) is 41.7 Å². The summed E-state index contributed by atoms with van der Waals surface area (Å²) in [5, 5.41) is 2.68. The fraction of sp³-hybridized carbons (Fsp3) is 0.240. The minimum absolute atomic E-state index is 0. The molecule has 0 unspecified atom stereocenters. The number of aryl methyl sites for hydroxylation is 1. The van der Waals surface area contributed by atoms with Gasteiger partial charge in [-0.05, 0) is 58.4 Å². The number of hydrogen-bond acceptors (Lipinski definition) is 2. The van der Waals surface area contributed by atoms with Crippen molar-refractivity contribution in [3.8, 4) is 0 Å². The van der Waals surface area contributed by atoms with Crippen molar-refractivity contribution in [1.82, 2.24) is 5.32 Å². The number of amides is 2. The van der Waals surface area contributed by atoms with E-state index in [4.69, 9.17) is 0 Å². The van der Waals surface area contributed by atoms with Gasteiger partial charge in [-0.15, -0.1) is 0 Å². The molecule has 186 valence electrons. The molecule has 2 aromatic carbocycles. The number of carbonyl (C=O) groups excluding carboxylic acids is 2. The Kier molecular flexibility index (Phi) is 10.3. The van der Waals surface area contributed by atoms with Crippen molar-refractivity contribution in [2.24, 2.45) is 0 Å². The molecule has 0 saturated carbocycles. The lowest BCUT2D eigenvalue weighted by Crippen LogP contribution is -3.00. The molecule has 0 atom stereocenters. The summed E-state index contributed by atoms with van der Waals surface area (Å²) < 4.78 is 40.9. The topological polar surface area (TPSA) is 53.3 Å². The van der Waals surface area contributed by atoms with Crippen LogP contribution in [-0.2, 0) is 12.7 Å². The maximum absolute atomic E-state index is 13.4. The molecule has 10 heteroatoms. The number of halogens is 5. The smallest absolute Gasteiger partial charge is 0.416 e. The molecule has 35 heavy (non-hydrogen) atoms. The number of nitrogens with zero attached hydrogens (tertiary/aromatic N) is 2. The van der Waals surface area contributed by atoms with E-state index >= 15 is 0 Å². The fourth-order valence-corrected chi connectivity index (χ4v) is 3.92. The first-order valence-electron chi connectivity index (χ1n) is 10.7. The van der Waals surface area contributed by atoms with Gasteiger partial charge in [0.15, 0.2) is 12.4 Å². The van der Waals surface area contributed by atoms with Gasteiger partial charge in [0, 0.05) is 30.8 Å². The Hall–Kier alpha value is -2.91. The van der Waals surface area contributed by atoms with Crippen molar-refractivity contribution in [1.29, 1.82) is 0 Å². The quantitative estimate of drug-likeness (QED) is 0.423. The number of rotatable bonds is 8. The van der Waals surface area contributed by atoms with Crippen molar-refractivity contribution >= 4 is 33.4 Å². The van der Waals surface area contributed by atoms with E-state index < -0.39 is 17.6 Å². The Morgan fingerprint density at radius 2 is 1.66 bits per heavy atom. The molecule has 0 aliphatic rings. The zero-order valence-electron chi connectivity index (χ0n) is 18.9. The van der Waals surface area contributed by atoms with Crippen molar-refractivity contribution in [3.05, 3.63) is 94.2 Å². The Balaban J connectivity index is 0.00000432. The summed E-state index contributed by atoms with van der Waals surface area (Å²) in [5.74, 6) is -0.751. The first-order chi connectivity index (χ1) is 16.2. The van der Waals surface area contributed by atoms with E-state index in [1.807, 2.05) is 35.9 Å². The number of benzene rings is 2. The number of para-hydroxylation sites is 1. The number of alkyl halides is 3. The van der Waals surface area contributed by atoms with Crippen LogP contribution in [0.5, 0.6) is 0 Å². The van der Waals surface area contributed by atoms with Crippen LogP contribution >= 0.6 is 15.9 Å². The van der Waals surface area contributed by atoms with Gasteiger partial charge in [0.05, 0.1) is 10.0 Å². The van der Waals surface area contributed by atoms with Crippen LogP contribution in [0, 0.1) is 0 Å². The normalized spacial score (nSPS) is 10.9. The lowest BCUT2D eigenvalue weighted by atomic mass is 10.1. The van der Waals surface area contributed by atoms with Crippen LogP contribution in [0.4, 0.5) is 18.9 Å². The average molecular weight is 571 g/mol. The predicted octanol–water partition coefficient (Wildman–Crippen LogP) is 2.25. The zero-order chi connectivity index (χ0) is 24.7. The summed E-state index contributed by atoms with van der Waals surface area (Å²) in [5.41, 5.74) is 0.441. The first-order valence-corrected chi connectivity index (χ1v) is 11.5. The molecular formula is C25H24BrClF3N3O2. The number of anilines is 1. The highest BCUT2D eigenvalue weighted by Gasteiger charge is 2.30. The summed E-state index contributed by atoms with van der Waals surface area (Å²) in [7, 11) is 0. The van der Waals surface area contributed by atoms with Crippen LogP contribution in [0.25, 0.3) is 0 Å². The minimum Gasteiger partial charge on any atom is -1.00 e. The molecule has 1 aromatic heterocycles. The number of carbonyl (C=O) groups is 2. The van der Waals surface area contributed by atoms with Crippen molar-refractivity contribution in [3.63, 3.8) is 0 Å². The monoisotopic (exact) mass is 569 g/mol. The van der Waals surface area contributed by atoms with Crippen LogP contribution < -0.4 is 27.2 Å². The maximum atomic E-state index is 13.4. The molecule has 2 amide bonds. The first kappa shape index (κ1) is 28.3. The van der Waals surface area contributed by atoms with Gasteiger partial charge < -0.3 is 22.6 Å². The second kappa shape index (κ2) is 12.7. The molecular weight excluding hydrogens is 547 g/mol. The summed E-state index contributed by atoms with van der Waals surface area (Å²) >= 11 is 3.45. The Morgan fingerprint density at radius 1 is 1.00 bits per heavy atom. The van der Waals surface area contributed by atoms with E-state index in [1.165, 1.54) is 0 Å². The molecule has 0 aliphatic carbocycles. The second-order valence-electron chi connectivity index (χ2n) is 7.60. The van der Waals surface area contributed by atoms with Crippen LogP contribution in [-0.4, -0.2) is 24.9 Å². The van der Waals surface area contributed by atoms with Crippen LogP contribution in [0.15, 0.2) is 77.5 Å². The number of hydrogen-bond donors (Lipinski definition) is 1. The molecule has 0 bridgehead atoms. The third-order valence-electron chi connectivity index (χ3n) is 5.02. The van der Waals surface area contributed by atoms with Gasteiger partial charge in [0.2, 0.25) is 0 Å².